The van der Waals surface area contributed by atoms with E-state index in [-0.39, 0.29) is 11.7 Å². The van der Waals surface area contributed by atoms with Crippen LogP contribution in [0.1, 0.15) is 18.8 Å². The van der Waals surface area contributed by atoms with E-state index in [1.54, 1.807) is 20.2 Å². The molecule has 5 nitrogen and oxygen atoms in total. The quantitative estimate of drug-likeness (QED) is 0.696. The number of amides is 1. The maximum atomic E-state index is 11.2. The summed E-state index contributed by atoms with van der Waals surface area (Å²) >= 11 is 0. The van der Waals surface area contributed by atoms with Gasteiger partial charge in [0.2, 0.25) is 11.7 Å². The molecule has 1 aromatic rings. The summed E-state index contributed by atoms with van der Waals surface area (Å²) in [7, 11) is 1.56. The third kappa shape index (κ3) is 1.67. The number of carbonyl (C=O) groups excluding carboxylic acids is 1. The molecule has 1 unspecified atom stereocenters. The van der Waals surface area contributed by atoms with Crippen LogP contribution in [0.3, 0.4) is 0 Å². The first-order chi connectivity index (χ1) is 6.20. The Morgan fingerprint density at radius 2 is 2.54 bits per heavy atom. The summed E-state index contributed by atoms with van der Waals surface area (Å²) in [6, 6.07) is 1.51. The number of hydrogen-bond donors (Lipinski definition) is 1. The van der Waals surface area contributed by atoms with Crippen molar-refractivity contribution in [2.75, 3.05) is 7.05 Å². The number of nitrogens with one attached hydrogen (secondary N) is 1. The number of rotatable bonds is 2. The second kappa shape index (κ2) is 3.72. The van der Waals surface area contributed by atoms with Crippen molar-refractivity contribution in [3.8, 4) is 6.07 Å². The Morgan fingerprint density at radius 3 is 3.08 bits per heavy atom. The van der Waals surface area contributed by atoms with E-state index >= 15 is 0 Å². The standard InChI is InChI=1S/C8H10N4O/c1-6(8(13)10-2)12-4-3-11-7(12)5-9/h3-4,6H,1-2H3,(H,10,13). The van der Waals surface area contributed by atoms with Crippen LogP contribution in [-0.2, 0) is 4.79 Å². The maximum absolute atomic E-state index is 11.2. The SMILES string of the molecule is CNC(=O)C(C)n1ccnc1C#N. The van der Waals surface area contributed by atoms with Gasteiger partial charge in [0.1, 0.15) is 12.1 Å². The largest absolute Gasteiger partial charge is 0.357 e. The number of carbonyl (C=O) groups is 1. The predicted octanol–water partition coefficient (Wildman–Crippen LogP) is 0.0618. The van der Waals surface area contributed by atoms with E-state index in [9.17, 15) is 4.79 Å². The molecular formula is C8H10N4O. The Hall–Kier alpha value is -1.83. The van der Waals surface area contributed by atoms with Crippen LogP contribution in [0, 0.1) is 11.3 Å². The van der Waals surface area contributed by atoms with Gasteiger partial charge in [-0.05, 0) is 6.92 Å². The Bertz CT molecular complexity index is 349. The van der Waals surface area contributed by atoms with Crippen LogP contribution in [0.15, 0.2) is 12.4 Å². The van der Waals surface area contributed by atoms with Crippen molar-refractivity contribution in [1.82, 2.24) is 14.9 Å². The Balaban J connectivity index is 2.95. The fourth-order valence-electron chi connectivity index (χ4n) is 1.05. The molecule has 0 aromatic carbocycles. The molecule has 68 valence electrons. The Kier molecular flexibility index (Phi) is 2.65. The average Bonchev–Trinajstić information content (AvgIpc) is 2.62. The topological polar surface area (TPSA) is 70.7 Å². The fraction of sp³-hybridized carbons (Fsp3) is 0.375. The van der Waals surface area contributed by atoms with Crippen molar-refractivity contribution >= 4 is 5.91 Å². The van der Waals surface area contributed by atoms with Gasteiger partial charge in [0.15, 0.2) is 0 Å². The number of aromatic nitrogens is 2. The smallest absolute Gasteiger partial charge is 0.242 e. The summed E-state index contributed by atoms with van der Waals surface area (Å²) in [5.74, 6) is 0.102. The molecule has 0 fully saturated rings. The molecule has 0 radical (unpaired) electrons. The predicted molar refractivity (Wildman–Crippen MR) is 45.7 cm³/mol. The van der Waals surface area contributed by atoms with Crippen molar-refractivity contribution in [3.05, 3.63) is 18.2 Å². The summed E-state index contributed by atoms with van der Waals surface area (Å²) in [5, 5.41) is 11.2. The van der Waals surface area contributed by atoms with E-state index in [0.717, 1.165) is 0 Å². The fourth-order valence-corrected chi connectivity index (χ4v) is 1.05. The Labute approximate surface area is 76.0 Å². The minimum Gasteiger partial charge on any atom is -0.357 e. The normalized spacial score (nSPS) is 11.8. The molecule has 0 bridgehead atoms. The van der Waals surface area contributed by atoms with Crippen LogP contribution in [0.25, 0.3) is 0 Å². The first kappa shape index (κ1) is 9.26. The van der Waals surface area contributed by atoms with Crippen molar-refractivity contribution < 1.29 is 4.79 Å². The minimum absolute atomic E-state index is 0.144. The summed E-state index contributed by atoms with van der Waals surface area (Å²) in [5.41, 5.74) is 0. The van der Waals surface area contributed by atoms with Gasteiger partial charge in [-0.15, -0.1) is 0 Å². The van der Waals surface area contributed by atoms with Gasteiger partial charge in [-0.1, -0.05) is 0 Å². The zero-order valence-corrected chi connectivity index (χ0v) is 7.48. The third-order valence-corrected chi connectivity index (χ3v) is 1.81. The maximum Gasteiger partial charge on any atom is 0.242 e. The van der Waals surface area contributed by atoms with Crippen molar-refractivity contribution in [3.63, 3.8) is 0 Å². The lowest BCUT2D eigenvalue weighted by atomic mass is 10.3. The highest BCUT2D eigenvalue weighted by Crippen LogP contribution is 2.07. The van der Waals surface area contributed by atoms with Crippen LogP contribution in [0.2, 0.25) is 0 Å². The molecule has 1 N–H and O–H groups in total. The monoisotopic (exact) mass is 178 g/mol. The van der Waals surface area contributed by atoms with Gasteiger partial charge in [0.05, 0.1) is 0 Å². The number of imidazole rings is 1. The van der Waals surface area contributed by atoms with Gasteiger partial charge >= 0.3 is 0 Å². The zero-order chi connectivity index (χ0) is 9.84. The van der Waals surface area contributed by atoms with Gasteiger partial charge in [0, 0.05) is 19.4 Å². The molecule has 0 aliphatic carbocycles. The third-order valence-electron chi connectivity index (χ3n) is 1.81. The van der Waals surface area contributed by atoms with E-state index in [0.29, 0.717) is 0 Å². The van der Waals surface area contributed by atoms with E-state index in [2.05, 4.69) is 10.3 Å². The molecule has 1 atom stereocenters. The molecule has 0 aliphatic heterocycles. The van der Waals surface area contributed by atoms with Gasteiger partial charge in [0.25, 0.3) is 0 Å². The van der Waals surface area contributed by atoms with Gasteiger partial charge in [-0.2, -0.15) is 5.26 Å². The van der Waals surface area contributed by atoms with Crippen molar-refractivity contribution in [2.24, 2.45) is 0 Å². The molecule has 1 rings (SSSR count). The zero-order valence-electron chi connectivity index (χ0n) is 7.48. The first-order valence-corrected chi connectivity index (χ1v) is 3.85. The average molecular weight is 178 g/mol. The van der Waals surface area contributed by atoms with Crippen molar-refractivity contribution in [2.45, 2.75) is 13.0 Å². The van der Waals surface area contributed by atoms with E-state index in [1.165, 1.54) is 10.8 Å². The summed E-state index contributed by atoms with van der Waals surface area (Å²) in [6.07, 6.45) is 3.11. The molecule has 1 heterocycles. The van der Waals surface area contributed by atoms with Crippen LogP contribution in [0.4, 0.5) is 0 Å². The Morgan fingerprint density at radius 1 is 1.85 bits per heavy atom. The van der Waals surface area contributed by atoms with E-state index in [4.69, 9.17) is 5.26 Å². The summed E-state index contributed by atoms with van der Waals surface area (Å²) in [4.78, 5) is 15.0. The van der Waals surface area contributed by atoms with Gasteiger partial charge in [-0.25, -0.2) is 4.98 Å². The second-order valence-electron chi connectivity index (χ2n) is 2.56. The van der Waals surface area contributed by atoms with E-state index < -0.39 is 6.04 Å². The lowest BCUT2D eigenvalue weighted by Gasteiger charge is -2.11. The molecule has 13 heavy (non-hydrogen) atoms. The number of nitriles is 1. The number of hydrogen-bond acceptors (Lipinski definition) is 3. The van der Waals surface area contributed by atoms with E-state index in [1.807, 2.05) is 6.07 Å². The highest BCUT2D eigenvalue weighted by Gasteiger charge is 2.15. The van der Waals surface area contributed by atoms with Crippen LogP contribution >= 0.6 is 0 Å². The van der Waals surface area contributed by atoms with Gasteiger partial charge in [-0.3, -0.25) is 4.79 Å². The first-order valence-electron chi connectivity index (χ1n) is 3.85. The highest BCUT2D eigenvalue weighted by molar-refractivity contribution is 5.79. The molecule has 0 spiro atoms. The molecule has 1 aromatic heterocycles. The molecule has 0 saturated carbocycles. The number of nitrogens with zero attached hydrogens (tertiary/aromatic N) is 3. The van der Waals surface area contributed by atoms with Crippen LogP contribution in [-0.4, -0.2) is 22.5 Å². The lowest BCUT2D eigenvalue weighted by molar-refractivity contribution is -0.123. The molecular weight excluding hydrogens is 168 g/mol. The van der Waals surface area contributed by atoms with Crippen LogP contribution in [0.5, 0.6) is 0 Å². The summed E-state index contributed by atoms with van der Waals surface area (Å²) in [6.45, 7) is 1.71. The van der Waals surface area contributed by atoms with Crippen molar-refractivity contribution in [1.29, 1.82) is 5.26 Å². The second-order valence-corrected chi connectivity index (χ2v) is 2.56. The molecule has 5 heteroatoms. The molecule has 0 aliphatic rings. The highest BCUT2D eigenvalue weighted by atomic mass is 16.2. The minimum atomic E-state index is -0.401. The molecule has 1 amide bonds. The van der Waals surface area contributed by atoms with Crippen LogP contribution < -0.4 is 5.32 Å². The van der Waals surface area contributed by atoms with Gasteiger partial charge < -0.3 is 9.88 Å². The number of likely N-dealkylation sites (N-methyl/N-ethyl adjacent to an activating group) is 1. The summed E-state index contributed by atoms with van der Waals surface area (Å²) < 4.78 is 1.53. The lowest BCUT2D eigenvalue weighted by Crippen LogP contribution is -2.28. The molecule has 0 saturated heterocycles.